The molecule has 1 aliphatic rings. The Morgan fingerprint density at radius 2 is 1.93 bits per heavy atom. The number of nitrogens with one attached hydrogen (secondary N) is 2. The molecule has 0 radical (unpaired) electrons. The summed E-state index contributed by atoms with van der Waals surface area (Å²) in [5.74, 6) is 1.58. The monoisotopic (exact) mass is 518 g/mol. The maximum Gasteiger partial charge on any atom is 0.241 e. The molecule has 2 rings (SSSR count). The number of aliphatic imine (C=N–C) groups is 1. The van der Waals surface area contributed by atoms with Crippen LogP contribution in [0, 0.1) is 6.92 Å². The second kappa shape index (κ2) is 14.4. The lowest BCUT2D eigenvalue weighted by Crippen LogP contribution is -2.46. The van der Waals surface area contributed by atoms with Crippen molar-refractivity contribution < 1.29 is 14.3 Å². The number of nitrogens with zero attached hydrogens (tertiary/aromatic N) is 2. The van der Waals surface area contributed by atoms with Gasteiger partial charge < -0.3 is 25.0 Å². The van der Waals surface area contributed by atoms with Crippen molar-refractivity contribution in [1.82, 2.24) is 15.5 Å². The van der Waals surface area contributed by atoms with Crippen LogP contribution in [0.2, 0.25) is 0 Å². The Balaban J connectivity index is 0.00000420. The molecular weight excluding hydrogens is 483 g/mol. The van der Waals surface area contributed by atoms with Gasteiger partial charge >= 0.3 is 0 Å². The van der Waals surface area contributed by atoms with E-state index in [9.17, 15) is 4.79 Å². The minimum Gasteiger partial charge on any atom is -0.491 e. The third kappa shape index (κ3) is 9.20. The second-order valence-electron chi connectivity index (χ2n) is 6.94. The van der Waals surface area contributed by atoms with E-state index < -0.39 is 0 Å². The molecule has 0 saturated carbocycles. The number of hydrogen-bond acceptors (Lipinski definition) is 4. The largest absolute Gasteiger partial charge is 0.491 e. The number of likely N-dealkylation sites (tertiary alicyclic amines) is 1. The molecule has 8 heteroatoms. The van der Waals surface area contributed by atoms with Crippen LogP contribution in [0.25, 0.3) is 0 Å². The summed E-state index contributed by atoms with van der Waals surface area (Å²) in [5, 5.41) is 6.36. The molecule has 0 aliphatic carbocycles. The zero-order valence-electron chi connectivity index (χ0n) is 17.8. The molecule has 1 aliphatic heterocycles. The van der Waals surface area contributed by atoms with Crippen molar-refractivity contribution in [3.8, 4) is 5.75 Å². The minimum absolute atomic E-state index is 0. The van der Waals surface area contributed by atoms with Gasteiger partial charge in [0.1, 0.15) is 12.4 Å². The Kier molecular flexibility index (Phi) is 12.7. The highest BCUT2D eigenvalue weighted by Crippen LogP contribution is 2.21. The Morgan fingerprint density at radius 3 is 2.62 bits per heavy atom. The Morgan fingerprint density at radius 1 is 1.17 bits per heavy atom. The molecular formula is C21H35IN4O3. The number of ether oxygens (including phenoxy) is 2. The second-order valence-corrected chi connectivity index (χ2v) is 6.94. The number of carbonyl (C=O) groups excluding carboxylic acids is 1. The predicted octanol–water partition coefficient (Wildman–Crippen LogP) is 2.71. The lowest BCUT2D eigenvalue weighted by atomic mass is 10.1. The summed E-state index contributed by atoms with van der Waals surface area (Å²) < 4.78 is 10.9. The van der Waals surface area contributed by atoms with Crippen molar-refractivity contribution in [3.63, 3.8) is 0 Å². The molecule has 0 aromatic heterocycles. The first-order valence-corrected chi connectivity index (χ1v) is 10.1. The van der Waals surface area contributed by atoms with E-state index in [2.05, 4.69) is 15.6 Å². The molecule has 1 aromatic rings. The van der Waals surface area contributed by atoms with Crippen LogP contribution in [-0.2, 0) is 16.1 Å². The summed E-state index contributed by atoms with van der Waals surface area (Å²) in [5.41, 5.74) is 2.14. The molecule has 164 valence electrons. The van der Waals surface area contributed by atoms with Crippen molar-refractivity contribution in [1.29, 1.82) is 0 Å². The Bertz CT molecular complexity index is 649. The van der Waals surface area contributed by atoms with E-state index in [4.69, 9.17) is 9.47 Å². The number of rotatable bonds is 9. The third-order valence-electron chi connectivity index (χ3n) is 4.64. The maximum atomic E-state index is 12.4. The molecule has 1 amide bonds. The first kappa shape index (κ1) is 25.5. The van der Waals surface area contributed by atoms with Crippen LogP contribution in [0.1, 0.15) is 37.3 Å². The van der Waals surface area contributed by atoms with Gasteiger partial charge in [-0.3, -0.25) is 4.79 Å². The summed E-state index contributed by atoms with van der Waals surface area (Å²) in [6, 6.07) is 6.10. The number of carbonyl (C=O) groups is 1. The summed E-state index contributed by atoms with van der Waals surface area (Å²) in [4.78, 5) is 18.9. The Hall–Kier alpha value is -1.55. The van der Waals surface area contributed by atoms with Crippen molar-refractivity contribution >= 4 is 35.8 Å². The van der Waals surface area contributed by atoms with Gasteiger partial charge in [-0.05, 0) is 44.7 Å². The lowest BCUT2D eigenvalue weighted by Gasteiger charge is -2.27. The molecule has 29 heavy (non-hydrogen) atoms. The minimum atomic E-state index is 0. The standard InChI is InChI=1S/C21H34N4O3.HI/c1-4-22-21(24-16-20(26)25-10-6-5-7-11-25)23-15-18-9-8-17(2)14-19(18)28-13-12-27-3;/h8-9,14H,4-7,10-13,15-16H2,1-3H3,(H2,22,23,24);1H. The topological polar surface area (TPSA) is 75.2 Å². The molecule has 0 atom stereocenters. The van der Waals surface area contributed by atoms with E-state index in [1.165, 1.54) is 6.42 Å². The number of piperidine rings is 1. The fourth-order valence-electron chi connectivity index (χ4n) is 3.08. The van der Waals surface area contributed by atoms with Crippen LogP contribution in [0.15, 0.2) is 23.2 Å². The maximum absolute atomic E-state index is 12.4. The van der Waals surface area contributed by atoms with E-state index in [0.29, 0.717) is 25.7 Å². The van der Waals surface area contributed by atoms with Gasteiger partial charge in [0, 0.05) is 32.3 Å². The average molecular weight is 518 g/mol. The fourth-order valence-corrected chi connectivity index (χ4v) is 3.08. The SMILES string of the molecule is CCNC(=NCc1ccc(C)cc1OCCOC)NCC(=O)N1CCCCC1.I. The molecule has 2 N–H and O–H groups in total. The summed E-state index contributed by atoms with van der Waals surface area (Å²) in [6.45, 7) is 8.27. The predicted molar refractivity (Wildman–Crippen MR) is 127 cm³/mol. The van der Waals surface area contributed by atoms with Gasteiger partial charge in [-0.25, -0.2) is 4.99 Å². The summed E-state index contributed by atoms with van der Waals surface area (Å²) in [6.07, 6.45) is 3.41. The van der Waals surface area contributed by atoms with Crippen LogP contribution in [0.3, 0.4) is 0 Å². The molecule has 0 bridgehead atoms. The van der Waals surface area contributed by atoms with Gasteiger partial charge in [0.2, 0.25) is 5.91 Å². The quantitative estimate of drug-likeness (QED) is 0.228. The zero-order valence-corrected chi connectivity index (χ0v) is 20.2. The van der Waals surface area contributed by atoms with E-state index in [1.807, 2.05) is 36.9 Å². The number of amides is 1. The van der Waals surface area contributed by atoms with Gasteiger partial charge in [-0.2, -0.15) is 0 Å². The number of methoxy groups -OCH3 is 1. The van der Waals surface area contributed by atoms with E-state index in [0.717, 1.165) is 49.4 Å². The number of hydrogen-bond donors (Lipinski definition) is 2. The normalized spacial score (nSPS) is 14.2. The lowest BCUT2D eigenvalue weighted by molar-refractivity contribution is -0.130. The van der Waals surface area contributed by atoms with Gasteiger partial charge in [-0.15, -0.1) is 24.0 Å². The molecule has 7 nitrogen and oxygen atoms in total. The van der Waals surface area contributed by atoms with Crippen LogP contribution >= 0.6 is 24.0 Å². The fraction of sp³-hybridized carbons (Fsp3) is 0.619. The van der Waals surface area contributed by atoms with Crippen molar-refractivity contribution in [2.24, 2.45) is 4.99 Å². The molecule has 0 spiro atoms. The van der Waals surface area contributed by atoms with Crippen LogP contribution in [0.5, 0.6) is 5.75 Å². The van der Waals surface area contributed by atoms with Gasteiger partial charge in [0.15, 0.2) is 5.96 Å². The Labute approximate surface area is 191 Å². The van der Waals surface area contributed by atoms with Crippen LogP contribution in [0.4, 0.5) is 0 Å². The highest BCUT2D eigenvalue weighted by atomic mass is 127. The smallest absolute Gasteiger partial charge is 0.241 e. The molecule has 1 fully saturated rings. The molecule has 1 aromatic carbocycles. The van der Waals surface area contributed by atoms with Crippen molar-refractivity contribution in [3.05, 3.63) is 29.3 Å². The number of guanidine groups is 1. The van der Waals surface area contributed by atoms with Gasteiger partial charge in [0.05, 0.1) is 19.7 Å². The molecule has 1 saturated heterocycles. The van der Waals surface area contributed by atoms with E-state index >= 15 is 0 Å². The number of halogens is 1. The number of aryl methyl sites for hydroxylation is 1. The van der Waals surface area contributed by atoms with E-state index in [-0.39, 0.29) is 36.4 Å². The summed E-state index contributed by atoms with van der Waals surface area (Å²) >= 11 is 0. The van der Waals surface area contributed by atoms with Crippen LogP contribution < -0.4 is 15.4 Å². The molecule has 0 unspecified atom stereocenters. The van der Waals surface area contributed by atoms with Gasteiger partial charge in [-0.1, -0.05) is 12.1 Å². The van der Waals surface area contributed by atoms with Crippen molar-refractivity contribution in [2.75, 3.05) is 46.5 Å². The average Bonchev–Trinajstić information content (AvgIpc) is 2.71. The summed E-state index contributed by atoms with van der Waals surface area (Å²) in [7, 11) is 1.66. The molecule has 1 heterocycles. The third-order valence-corrected chi connectivity index (χ3v) is 4.64. The highest BCUT2D eigenvalue weighted by molar-refractivity contribution is 14.0. The number of benzene rings is 1. The van der Waals surface area contributed by atoms with E-state index in [1.54, 1.807) is 7.11 Å². The first-order chi connectivity index (χ1) is 13.6. The van der Waals surface area contributed by atoms with Gasteiger partial charge in [0.25, 0.3) is 0 Å². The van der Waals surface area contributed by atoms with Crippen molar-refractivity contribution in [2.45, 2.75) is 39.7 Å². The van der Waals surface area contributed by atoms with Crippen LogP contribution in [-0.4, -0.2) is 63.3 Å². The zero-order chi connectivity index (χ0) is 20.2. The highest BCUT2D eigenvalue weighted by Gasteiger charge is 2.16. The first-order valence-electron chi connectivity index (χ1n) is 10.1.